The van der Waals surface area contributed by atoms with Crippen LogP contribution in [-0.2, 0) is 6.54 Å². The SMILES string of the molecule is NCc1sccc1-c1cccc(Cl)c1Cl. The molecule has 1 aromatic heterocycles. The van der Waals surface area contributed by atoms with Gasteiger partial charge in [0.25, 0.3) is 0 Å². The summed E-state index contributed by atoms with van der Waals surface area (Å²) in [4.78, 5) is 1.12. The average Bonchev–Trinajstić information content (AvgIpc) is 2.70. The van der Waals surface area contributed by atoms with Crippen LogP contribution in [0.5, 0.6) is 0 Å². The highest BCUT2D eigenvalue weighted by Crippen LogP contribution is 2.36. The molecule has 2 rings (SSSR count). The maximum Gasteiger partial charge on any atom is 0.0671 e. The van der Waals surface area contributed by atoms with E-state index in [4.69, 9.17) is 28.9 Å². The predicted octanol–water partition coefficient (Wildman–Crippen LogP) is 4.18. The number of benzene rings is 1. The fourth-order valence-electron chi connectivity index (χ4n) is 1.45. The zero-order valence-electron chi connectivity index (χ0n) is 7.84. The monoisotopic (exact) mass is 257 g/mol. The van der Waals surface area contributed by atoms with Crippen molar-refractivity contribution in [2.75, 3.05) is 0 Å². The normalized spacial score (nSPS) is 10.6. The summed E-state index contributed by atoms with van der Waals surface area (Å²) in [7, 11) is 0. The lowest BCUT2D eigenvalue weighted by atomic mass is 10.1. The third-order valence-corrected chi connectivity index (χ3v) is 3.93. The van der Waals surface area contributed by atoms with Crippen LogP contribution >= 0.6 is 34.5 Å². The minimum Gasteiger partial charge on any atom is -0.326 e. The van der Waals surface area contributed by atoms with Crippen molar-refractivity contribution in [1.29, 1.82) is 0 Å². The molecule has 0 bridgehead atoms. The molecule has 0 aliphatic rings. The van der Waals surface area contributed by atoms with Gasteiger partial charge < -0.3 is 5.73 Å². The van der Waals surface area contributed by atoms with Crippen LogP contribution in [0.4, 0.5) is 0 Å². The number of nitrogens with two attached hydrogens (primary N) is 1. The van der Waals surface area contributed by atoms with Crippen molar-refractivity contribution >= 4 is 34.5 Å². The van der Waals surface area contributed by atoms with E-state index >= 15 is 0 Å². The second-order valence-corrected chi connectivity index (χ2v) is 4.85. The van der Waals surface area contributed by atoms with E-state index in [1.165, 1.54) is 0 Å². The van der Waals surface area contributed by atoms with Crippen molar-refractivity contribution < 1.29 is 0 Å². The summed E-state index contributed by atoms with van der Waals surface area (Å²) in [5.41, 5.74) is 7.68. The number of hydrogen-bond donors (Lipinski definition) is 1. The van der Waals surface area contributed by atoms with Crippen molar-refractivity contribution in [2.24, 2.45) is 5.73 Å². The Kier molecular flexibility index (Phi) is 3.32. The smallest absolute Gasteiger partial charge is 0.0671 e. The molecule has 15 heavy (non-hydrogen) atoms. The Hall–Kier alpha value is -0.540. The second kappa shape index (κ2) is 4.54. The number of rotatable bonds is 2. The highest BCUT2D eigenvalue weighted by Gasteiger charge is 2.10. The Morgan fingerprint density at radius 1 is 1.13 bits per heavy atom. The first-order chi connectivity index (χ1) is 7.24. The van der Waals surface area contributed by atoms with E-state index in [2.05, 4.69) is 0 Å². The van der Waals surface area contributed by atoms with Crippen LogP contribution in [0, 0.1) is 0 Å². The van der Waals surface area contributed by atoms with Gasteiger partial charge in [0.05, 0.1) is 10.0 Å². The summed E-state index contributed by atoms with van der Waals surface area (Å²) >= 11 is 13.7. The predicted molar refractivity (Wildman–Crippen MR) is 67.7 cm³/mol. The van der Waals surface area contributed by atoms with Gasteiger partial charge in [-0.2, -0.15) is 0 Å². The van der Waals surface area contributed by atoms with Gasteiger partial charge in [0, 0.05) is 17.0 Å². The Morgan fingerprint density at radius 3 is 2.67 bits per heavy atom. The fourth-order valence-corrected chi connectivity index (χ4v) is 2.62. The van der Waals surface area contributed by atoms with Gasteiger partial charge in [-0.15, -0.1) is 11.3 Å². The molecule has 4 heteroatoms. The highest BCUT2D eigenvalue weighted by atomic mass is 35.5. The molecule has 0 fully saturated rings. The van der Waals surface area contributed by atoms with Gasteiger partial charge in [-0.25, -0.2) is 0 Å². The molecule has 0 aliphatic carbocycles. The van der Waals surface area contributed by atoms with E-state index in [0.29, 0.717) is 16.6 Å². The maximum atomic E-state index is 6.15. The van der Waals surface area contributed by atoms with E-state index in [1.807, 2.05) is 23.6 Å². The second-order valence-electron chi connectivity index (χ2n) is 3.06. The Morgan fingerprint density at radius 2 is 1.93 bits per heavy atom. The Bertz CT molecular complexity index is 479. The van der Waals surface area contributed by atoms with Crippen LogP contribution in [0.3, 0.4) is 0 Å². The lowest BCUT2D eigenvalue weighted by molar-refractivity contribution is 1.11. The lowest BCUT2D eigenvalue weighted by Crippen LogP contribution is -1.94. The van der Waals surface area contributed by atoms with Crippen molar-refractivity contribution in [3.8, 4) is 11.1 Å². The summed E-state index contributed by atoms with van der Waals surface area (Å²) in [6.07, 6.45) is 0. The van der Waals surface area contributed by atoms with E-state index in [9.17, 15) is 0 Å². The van der Waals surface area contributed by atoms with Crippen LogP contribution in [0.2, 0.25) is 10.0 Å². The van der Waals surface area contributed by atoms with Crippen LogP contribution in [0.1, 0.15) is 4.88 Å². The van der Waals surface area contributed by atoms with Crippen molar-refractivity contribution in [1.82, 2.24) is 0 Å². The number of halogens is 2. The Balaban J connectivity index is 2.59. The van der Waals surface area contributed by atoms with Crippen molar-refractivity contribution in [3.63, 3.8) is 0 Å². The molecule has 1 nitrogen and oxygen atoms in total. The first-order valence-electron chi connectivity index (χ1n) is 4.45. The molecule has 0 unspecified atom stereocenters. The molecule has 0 spiro atoms. The highest BCUT2D eigenvalue weighted by molar-refractivity contribution is 7.10. The third kappa shape index (κ3) is 2.04. The van der Waals surface area contributed by atoms with Crippen LogP contribution < -0.4 is 5.73 Å². The number of hydrogen-bond acceptors (Lipinski definition) is 2. The molecule has 78 valence electrons. The summed E-state index contributed by atoms with van der Waals surface area (Å²) < 4.78 is 0. The van der Waals surface area contributed by atoms with Crippen LogP contribution in [-0.4, -0.2) is 0 Å². The van der Waals surface area contributed by atoms with Gasteiger partial charge in [-0.1, -0.05) is 35.3 Å². The summed E-state index contributed by atoms with van der Waals surface area (Å²) in [5, 5.41) is 3.17. The van der Waals surface area contributed by atoms with E-state index in [1.54, 1.807) is 17.4 Å². The zero-order chi connectivity index (χ0) is 10.8. The summed E-state index contributed by atoms with van der Waals surface area (Å²) in [6, 6.07) is 7.64. The molecule has 0 atom stereocenters. The first kappa shape index (κ1) is 11.0. The molecular formula is C11H9Cl2NS. The minimum absolute atomic E-state index is 0.524. The van der Waals surface area contributed by atoms with E-state index < -0.39 is 0 Å². The molecule has 1 heterocycles. The fraction of sp³-hybridized carbons (Fsp3) is 0.0909. The summed E-state index contributed by atoms with van der Waals surface area (Å²) in [6.45, 7) is 0.524. The quantitative estimate of drug-likeness (QED) is 0.859. The molecule has 0 aliphatic heterocycles. The van der Waals surface area contributed by atoms with Gasteiger partial charge in [0.2, 0.25) is 0 Å². The van der Waals surface area contributed by atoms with Gasteiger partial charge in [0.1, 0.15) is 0 Å². The van der Waals surface area contributed by atoms with E-state index in [-0.39, 0.29) is 0 Å². The van der Waals surface area contributed by atoms with Gasteiger partial charge in [0.15, 0.2) is 0 Å². The molecule has 0 saturated carbocycles. The average molecular weight is 258 g/mol. The van der Waals surface area contributed by atoms with Crippen LogP contribution in [0.15, 0.2) is 29.6 Å². The third-order valence-electron chi connectivity index (χ3n) is 2.17. The van der Waals surface area contributed by atoms with Gasteiger partial charge in [-0.05, 0) is 23.1 Å². The van der Waals surface area contributed by atoms with Crippen molar-refractivity contribution in [2.45, 2.75) is 6.54 Å². The standard InChI is InChI=1S/C11H9Cl2NS/c12-9-3-1-2-8(11(9)13)7-4-5-15-10(7)6-14/h1-5H,6,14H2. The first-order valence-corrected chi connectivity index (χ1v) is 6.08. The molecule has 2 N–H and O–H groups in total. The molecule has 1 aromatic carbocycles. The minimum atomic E-state index is 0.524. The van der Waals surface area contributed by atoms with E-state index in [0.717, 1.165) is 16.0 Å². The largest absolute Gasteiger partial charge is 0.326 e. The van der Waals surface area contributed by atoms with Crippen molar-refractivity contribution in [3.05, 3.63) is 44.6 Å². The summed E-state index contributed by atoms with van der Waals surface area (Å²) in [5.74, 6) is 0. The van der Waals surface area contributed by atoms with Gasteiger partial charge >= 0.3 is 0 Å². The molecule has 0 amide bonds. The molecule has 0 saturated heterocycles. The molecule has 0 radical (unpaired) electrons. The lowest BCUT2D eigenvalue weighted by Gasteiger charge is -2.05. The maximum absolute atomic E-state index is 6.15. The molecule has 2 aromatic rings. The van der Waals surface area contributed by atoms with Crippen LogP contribution in [0.25, 0.3) is 11.1 Å². The zero-order valence-corrected chi connectivity index (χ0v) is 10.2. The number of thiophene rings is 1. The van der Waals surface area contributed by atoms with Gasteiger partial charge in [-0.3, -0.25) is 0 Å². The molecular weight excluding hydrogens is 249 g/mol. The Labute approximate surface area is 102 Å². The topological polar surface area (TPSA) is 26.0 Å².